The van der Waals surface area contributed by atoms with Gasteiger partial charge < -0.3 is 4.90 Å². The summed E-state index contributed by atoms with van der Waals surface area (Å²) in [6.45, 7) is 0. The lowest BCUT2D eigenvalue weighted by atomic mass is 9.93. The smallest absolute Gasteiger partial charge is 0.0618 e. The van der Waals surface area contributed by atoms with Crippen molar-refractivity contribution in [1.82, 2.24) is 0 Å². The van der Waals surface area contributed by atoms with E-state index < -0.39 is 0 Å². The van der Waals surface area contributed by atoms with Crippen LogP contribution in [0.25, 0.3) is 84.9 Å². The van der Waals surface area contributed by atoms with Crippen LogP contribution in [0.4, 0.5) is 17.1 Å². The van der Waals surface area contributed by atoms with Crippen molar-refractivity contribution in [2.45, 2.75) is 0 Å². The van der Waals surface area contributed by atoms with Gasteiger partial charge in [-0.2, -0.15) is 0 Å². The summed E-state index contributed by atoms with van der Waals surface area (Å²) in [5.41, 5.74) is 12.9. The summed E-state index contributed by atoms with van der Waals surface area (Å²) >= 11 is 3.74. The number of anilines is 3. The summed E-state index contributed by atoms with van der Waals surface area (Å²) in [6.07, 6.45) is 0. The van der Waals surface area contributed by atoms with Crippen molar-refractivity contribution in [1.29, 1.82) is 0 Å². The molecule has 11 rings (SSSR count). The number of nitrogens with zero attached hydrogens (tertiary/aromatic N) is 1. The third-order valence-electron chi connectivity index (χ3n) is 11.1. The number of thiophene rings is 2. The van der Waals surface area contributed by atoms with Crippen molar-refractivity contribution < 1.29 is 0 Å². The lowest BCUT2D eigenvalue weighted by molar-refractivity contribution is 1.28. The van der Waals surface area contributed by atoms with Crippen LogP contribution in [0.15, 0.2) is 212 Å². The van der Waals surface area contributed by atoms with Crippen LogP contribution in [0, 0.1) is 0 Å². The Morgan fingerprint density at radius 2 is 0.632 bits per heavy atom. The van der Waals surface area contributed by atoms with E-state index in [-0.39, 0.29) is 0 Å². The molecule has 0 N–H and O–H groups in total. The second-order valence-corrected chi connectivity index (χ2v) is 16.6. The van der Waals surface area contributed by atoms with E-state index in [1.807, 2.05) is 22.7 Å². The van der Waals surface area contributed by atoms with Crippen LogP contribution < -0.4 is 4.90 Å². The van der Waals surface area contributed by atoms with Gasteiger partial charge in [-0.25, -0.2) is 0 Å². The van der Waals surface area contributed by atoms with Gasteiger partial charge in [0.2, 0.25) is 0 Å². The zero-order valence-corrected chi connectivity index (χ0v) is 32.6. The highest BCUT2D eigenvalue weighted by molar-refractivity contribution is 7.26. The molecule has 0 aliphatic heterocycles. The number of fused-ring (bicyclic) bond motifs is 6. The van der Waals surface area contributed by atoms with E-state index in [2.05, 4.69) is 217 Å². The molecule has 0 saturated heterocycles. The van der Waals surface area contributed by atoms with Crippen LogP contribution in [0.1, 0.15) is 0 Å². The van der Waals surface area contributed by atoms with Crippen molar-refractivity contribution in [2.75, 3.05) is 4.90 Å². The number of benzene rings is 9. The van der Waals surface area contributed by atoms with Crippen molar-refractivity contribution in [3.05, 3.63) is 212 Å². The number of para-hydroxylation sites is 1. The van der Waals surface area contributed by atoms with Crippen LogP contribution in [0.3, 0.4) is 0 Å². The van der Waals surface area contributed by atoms with Gasteiger partial charge in [0.15, 0.2) is 0 Å². The lowest BCUT2D eigenvalue weighted by Gasteiger charge is -2.31. The molecule has 0 radical (unpaired) electrons. The fourth-order valence-corrected chi connectivity index (χ4v) is 10.6. The van der Waals surface area contributed by atoms with Gasteiger partial charge in [0.1, 0.15) is 0 Å². The van der Waals surface area contributed by atoms with E-state index in [0.29, 0.717) is 0 Å². The monoisotopic (exact) mass is 761 g/mol. The van der Waals surface area contributed by atoms with Crippen molar-refractivity contribution in [3.8, 4) is 44.5 Å². The van der Waals surface area contributed by atoms with E-state index in [0.717, 1.165) is 17.1 Å². The highest BCUT2D eigenvalue weighted by Crippen LogP contribution is 2.49. The summed E-state index contributed by atoms with van der Waals surface area (Å²) in [4.78, 5) is 2.47. The minimum absolute atomic E-state index is 1.10. The van der Waals surface area contributed by atoms with E-state index in [4.69, 9.17) is 0 Å². The van der Waals surface area contributed by atoms with Crippen molar-refractivity contribution >= 4 is 80.1 Å². The standard InChI is InChI=1S/C54H35NS2/c1-3-12-36(13-4-1)38-22-28-42(29-23-38)55(43-30-24-39(25-31-43)37-14-5-2-6-15-37)54-44(40-26-32-48-46-16-7-9-20-50(46)56-52(48)34-40)18-11-19-45(54)41-27-33-49-47-17-8-10-21-51(47)57-53(49)35-41/h1-35H. The highest BCUT2D eigenvalue weighted by atomic mass is 32.1. The zero-order chi connectivity index (χ0) is 37.7. The second-order valence-electron chi connectivity index (χ2n) is 14.5. The number of hydrogen-bond acceptors (Lipinski definition) is 3. The molecule has 2 heterocycles. The van der Waals surface area contributed by atoms with E-state index >= 15 is 0 Å². The Hall–Kier alpha value is -6.78. The number of rotatable bonds is 7. The Kier molecular flexibility index (Phi) is 8.28. The first-order chi connectivity index (χ1) is 28.2. The number of hydrogen-bond donors (Lipinski definition) is 0. The van der Waals surface area contributed by atoms with Crippen LogP contribution in [-0.4, -0.2) is 0 Å². The molecule has 0 spiro atoms. The van der Waals surface area contributed by atoms with E-state index in [1.54, 1.807) is 0 Å². The quantitative estimate of drug-likeness (QED) is 0.156. The first-order valence-corrected chi connectivity index (χ1v) is 21.0. The molecule has 57 heavy (non-hydrogen) atoms. The molecule has 0 aliphatic carbocycles. The minimum Gasteiger partial charge on any atom is -0.309 e. The predicted molar refractivity (Wildman–Crippen MR) is 249 cm³/mol. The zero-order valence-electron chi connectivity index (χ0n) is 31.0. The van der Waals surface area contributed by atoms with Gasteiger partial charge in [-0.1, -0.05) is 164 Å². The predicted octanol–water partition coefficient (Wildman–Crippen LogP) is 16.6. The minimum atomic E-state index is 1.10. The fraction of sp³-hybridized carbons (Fsp3) is 0. The summed E-state index contributed by atoms with van der Waals surface area (Å²) in [5, 5.41) is 5.23. The van der Waals surface area contributed by atoms with Crippen LogP contribution >= 0.6 is 22.7 Å². The Morgan fingerprint density at radius 3 is 1.09 bits per heavy atom. The third kappa shape index (κ3) is 6.00. The van der Waals surface area contributed by atoms with Crippen LogP contribution in [0.5, 0.6) is 0 Å². The lowest BCUT2D eigenvalue weighted by Crippen LogP contribution is -2.12. The van der Waals surface area contributed by atoms with Crippen LogP contribution in [0.2, 0.25) is 0 Å². The van der Waals surface area contributed by atoms with Gasteiger partial charge in [-0.15, -0.1) is 22.7 Å². The molecule has 1 nitrogen and oxygen atoms in total. The Bertz CT molecular complexity index is 3000. The molecular weight excluding hydrogens is 727 g/mol. The maximum atomic E-state index is 2.47. The van der Waals surface area contributed by atoms with Crippen molar-refractivity contribution in [3.63, 3.8) is 0 Å². The first-order valence-electron chi connectivity index (χ1n) is 19.3. The molecule has 0 saturated carbocycles. The molecule has 0 atom stereocenters. The average Bonchev–Trinajstić information content (AvgIpc) is 3.85. The van der Waals surface area contributed by atoms with Gasteiger partial charge in [0.25, 0.3) is 0 Å². The van der Waals surface area contributed by atoms with Crippen LogP contribution in [-0.2, 0) is 0 Å². The Morgan fingerprint density at radius 1 is 0.263 bits per heavy atom. The fourth-order valence-electron chi connectivity index (χ4n) is 8.31. The first kappa shape index (κ1) is 33.5. The summed E-state index contributed by atoms with van der Waals surface area (Å²) in [6, 6.07) is 77.8. The normalized spacial score (nSPS) is 11.5. The molecule has 0 aliphatic rings. The van der Waals surface area contributed by atoms with Crippen molar-refractivity contribution in [2.24, 2.45) is 0 Å². The topological polar surface area (TPSA) is 3.24 Å². The van der Waals surface area contributed by atoms with Gasteiger partial charge in [-0.3, -0.25) is 0 Å². The Balaban J connectivity index is 1.16. The molecule has 3 heteroatoms. The Labute approximate surface area is 340 Å². The highest BCUT2D eigenvalue weighted by Gasteiger charge is 2.23. The van der Waals surface area contributed by atoms with Gasteiger partial charge in [0, 0.05) is 62.8 Å². The SMILES string of the molecule is c1ccc(-c2ccc(N(c3ccc(-c4ccccc4)cc3)c3c(-c4ccc5c(c4)sc4ccccc45)cccc3-c3ccc4c(c3)sc3ccccc34)cc2)cc1. The third-order valence-corrected chi connectivity index (χ3v) is 13.4. The summed E-state index contributed by atoms with van der Waals surface area (Å²) in [7, 11) is 0. The molecule has 0 bridgehead atoms. The van der Waals surface area contributed by atoms with Gasteiger partial charge >= 0.3 is 0 Å². The maximum Gasteiger partial charge on any atom is 0.0618 e. The summed E-state index contributed by atoms with van der Waals surface area (Å²) < 4.78 is 5.22. The van der Waals surface area contributed by atoms with E-state index in [1.165, 1.54) is 84.9 Å². The maximum absolute atomic E-state index is 2.47. The molecule has 9 aromatic carbocycles. The van der Waals surface area contributed by atoms with Gasteiger partial charge in [0.05, 0.1) is 5.69 Å². The molecule has 0 fully saturated rings. The molecule has 0 unspecified atom stereocenters. The molecule has 2 aromatic heterocycles. The second kappa shape index (κ2) is 14.1. The molecule has 11 aromatic rings. The van der Waals surface area contributed by atoms with E-state index in [9.17, 15) is 0 Å². The average molecular weight is 762 g/mol. The largest absolute Gasteiger partial charge is 0.309 e. The molecular formula is C54H35NS2. The summed E-state index contributed by atoms with van der Waals surface area (Å²) in [5.74, 6) is 0. The molecule has 268 valence electrons. The molecule has 0 amide bonds. The van der Waals surface area contributed by atoms with Gasteiger partial charge in [-0.05, 0) is 81.9 Å².